The average molecular weight is 469 g/mol. The van der Waals surface area contributed by atoms with Crippen LogP contribution in [0.2, 0.25) is 0 Å². The third-order valence-corrected chi connectivity index (χ3v) is 5.74. The molecule has 0 bridgehead atoms. The normalized spacial score (nSPS) is 14.1. The molecule has 0 aromatic heterocycles. The molecule has 0 saturated heterocycles. The molecule has 0 saturated carbocycles. The van der Waals surface area contributed by atoms with Gasteiger partial charge in [-0.25, -0.2) is 13.4 Å². The number of amides is 1. The molecule has 1 aromatic rings. The van der Waals surface area contributed by atoms with Crippen LogP contribution in [0.15, 0.2) is 18.2 Å². The maximum absolute atomic E-state index is 12.7. The summed E-state index contributed by atoms with van der Waals surface area (Å²) in [5.74, 6) is 0.758. The fraction of sp³-hybridized carbons (Fsp3) is 0.652. The van der Waals surface area contributed by atoms with E-state index in [-0.39, 0.29) is 18.0 Å². The predicted octanol–water partition coefficient (Wildman–Crippen LogP) is 4.47. The van der Waals surface area contributed by atoms with Gasteiger partial charge in [-0.05, 0) is 33.3 Å². The molecule has 9 heteroatoms. The molecule has 0 N–H and O–H groups in total. The lowest BCUT2D eigenvalue weighted by atomic mass is 10.0. The van der Waals surface area contributed by atoms with Crippen LogP contribution < -0.4 is 9.47 Å². The van der Waals surface area contributed by atoms with Crippen LogP contribution in [0.25, 0.3) is 0 Å². The van der Waals surface area contributed by atoms with Gasteiger partial charge in [-0.3, -0.25) is 4.79 Å². The predicted molar refractivity (Wildman–Crippen MR) is 125 cm³/mol. The zero-order valence-electron chi connectivity index (χ0n) is 19.8. The molecule has 0 aliphatic carbocycles. The molecule has 1 heterocycles. The number of hydrogen-bond acceptors (Lipinski definition) is 8. The van der Waals surface area contributed by atoms with Crippen LogP contribution in [0.1, 0.15) is 52.5 Å². The summed E-state index contributed by atoms with van der Waals surface area (Å²) in [6, 6.07) is 5.57. The Hall–Kier alpha value is -1.97. The largest absolute Gasteiger partial charge is 0.483 e. The fourth-order valence-corrected chi connectivity index (χ4v) is 3.97. The van der Waals surface area contributed by atoms with Crippen molar-refractivity contribution in [3.05, 3.63) is 23.8 Å². The van der Waals surface area contributed by atoms with Crippen molar-refractivity contribution < 1.29 is 28.5 Å². The summed E-state index contributed by atoms with van der Waals surface area (Å²) in [6.45, 7) is 10.4. The topological polar surface area (TPSA) is 77.5 Å². The second kappa shape index (κ2) is 12.9. The van der Waals surface area contributed by atoms with E-state index in [1.165, 1.54) is 16.4 Å². The molecule has 1 aliphatic rings. The van der Waals surface area contributed by atoms with Crippen LogP contribution >= 0.6 is 12.1 Å². The highest BCUT2D eigenvalue weighted by Gasteiger charge is 2.33. The van der Waals surface area contributed by atoms with E-state index >= 15 is 0 Å². The Bertz CT molecular complexity index is 758. The van der Waals surface area contributed by atoms with E-state index in [4.69, 9.17) is 18.9 Å². The quantitative estimate of drug-likeness (QED) is 0.238. The molecule has 0 unspecified atom stereocenters. The van der Waals surface area contributed by atoms with Gasteiger partial charge in [-0.2, -0.15) is 0 Å². The van der Waals surface area contributed by atoms with Gasteiger partial charge in [0.15, 0.2) is 11.5 Å². The first-order chi connectivity index (χ1) is 15.3. The van der Waals surface area contributed by atoms with E-state index in [1.54, 1.807) is 20.0 Å². The number of benzene rings is 1. The Labute approximate surface area is 195 Å². The monoisotopic (exact) mass is 468 g/mol. The molecule has 8 nitrogen and oxygen atoms in total. The van der Waals surface area contributed by atoms with Crippen LogP contribution in [0.3, 0.4) is 0 Å². The summed E-state index contributed by atoms with van der Waals surface area (Å²) < 4.78 is 25.6. The highest BCUT2D eigenvalue weighted by Crippen LogP contribution is 2.42. The number of carbonyl (C=O) groups is 2. The van der Waals surface area contributed by atoms with Gasteiger partial charge in [0, 0.05) is 50.9 Å². The number of carbonyl (C=O) groups excluding carboxylic acids is 2. The van der Waals surface area contributed by atoms with E-state index in [0.717, 1.165) is 24.8 Å². The number of fused-ring (bicyclic) bond motifs is 1. The summed E-state index contributed by atoms with van der Waals surface area (Å²) in [4.78, 5) is 24.5. The minimum absolute atomic E-state index is 0.230. The standard InChI is InChI=1S/C23H36N2O6S/c1-6-8-15-28-16-14-25(13-12-20(26)29-7-2)32-24(5)22(27)30-19-11-9-10-18-17-23(3,4)31-21(18)19/h9-11H,6-8,12-17H2,1-5H3. The van der Waals surface area contributed by atoms with Crippen molar-refractivity contribution in [1.82, 2.24) is 8.61 Å². The lowest BCUT2D eigenvalue weighted by Gasteiger charge is -2.25. The van der Waals surface area contributed by atoms with Crippen LogP contribution in [-0.4, -0.2) is 66.2 Å². The van der Waals surface area contributed by atoms with Gasteiger partial charge < -0.3 is 18.9 Å². The van der Waals surface area contributed by atoms with Crippen molar-refractivity contribution >= 4 is 24.2 Å². The molecule has 180 valence electrons. The van der Waals surface area contributed by atoms with Crippen LogP contribution in [0.4, 0.5) is 4.79 Å². The molecule has 2 rings (SSSR count). The Balaban J connectivity index is 1.94. The van der Waals surface area contributed by atoms with Crippen LogP contribution in [0, 0.1) is 0 Å². The molecule has 1 aromatic carbocycles. The molecule has 1 aliphatic heterocycles. The lowest BCUT2D eigenvalue weighted by Crippen LogP contribution is -2.32. The number of hydrogen-bond donors (Lipinski definition) is 0. The minimum atomic E-state index is -0.523. The SMILES string of the molecule is CCCCOCCN(CCC(=O)OCC)SN(C)C(=O)Oc1cccc2c1OC(C)(C)C2. The van der Waals surface area contributed by atoms with Gasteiger partial charge in [0.25, 0.3) is 0 Å². The van der Waals surface area contributed by atoms with Gasteiger partial charge >= 0.3 is 12.1 Å². The number of para-hydroxylation sites is 1. The van der Waals surface area contributed by atoms with Crippen LogP contribution in [-0.2, 0) is 20.7 Å². The Morgan fingerprint density at radius 1 is 1.19 bits per heavy atom. The van der Waals surface area contributed by atoms with E-state index in [9.17, 15) is 9.59 Å². The van der Waals surface area contributed by atoms with Crippen molar-refractivity contribution in [2.45, 2.75) is 59.0 Å². The second-order valence-electron chi connectivity index (χ2n) is 8.18. The molecular weight excluding hydrogens is 432 g/mol. The van der Waals surface area contributed by atoms with E-state index in [0.29, 0.717) is 44.4 Å². The van der Waals surface area contributed by atoms with Gasteiger partial charge in [-0.15, -0.1) is 0 Å². The molecule has 32 heavy (non-hydrogen) atoms. The minimum Gasteiger partial charge on any atom is -0.483 e. The molecule has 0 spiro atoms. The number of esters is 1. The maximum Gasteiger partial charge on any atom is 0.426 e. The Kier molecular flexibility index (Phi) is 10.6. The van der Waals surface area contributed by atoms with Gasteiger partial charge in [0.2, 0.25) is 0 Å². The molecular formula is C23H36N2O6S. The second-order valence-corrected chi connectivity index (χ2v) is 9.41. The molecule has 0 atom stereocenters. The summed E-state index contributed by atoms with van der Waals surface area (Å²) >= 11 is 1.19. The fourth-order valence-electron chi connectivity index (χ4n) is 3.19. The van der Waals surface area contributed by atoms with Crippen molar-refractivity contribution in [1.29, 1.82) is 0 Å². The smallest absolute Gasteiger partial charge is 0.426 e. The first-order valence-corrected chi connectivity index (χ1v) is 11.9. The van der Waals surface area contributed by atoms with Gasteiger partial charge in [-0.1, -0.05) is 25.5 Å². The number of nitrogens with zero attached hydrogens (tertiary/aromatic N) is 2. The number of ether oxygens (including phenoxy) is 4. The average Bonchev–Trinajstić information content (AvgIpc) is 3.06. The lowest BCUT2D eigenvalue weighted by molar-refractivity contribution is -0.143. The highest BCUT2D eigenvalue weighted by molar-refractivity contribution is 7.95. The first-order valence-electron chi connectivity index (χ1n) is 11.2. The Morgan fingerprint density at radius 2 is 1.97 bits per heavy atom. The molecule has 1 amide bonds. The molecule has 0 fully saturated rings. The zero-order valence-corrected chi connectivity index (χ0v) is 20.7. The number of unbranched alkanes of at least 4 members (excludes halogenated alkanes) is 1. The van der Waals surface area contributed by atoms with Crippen molar-refractivity contribution in [3.8, 4) is 11.5 Å². The maximum atomic E-state index is 12.7. The van der Waals surface area contributed by atoms with Crippen LogP contribution in [0.5, 0.6) is 11.5 Å². The Morgan fingerprint density at radius 3 is 2.69 bits per heavy atom. The third kappa shape index (κ3) is 8.52. The van der Waals surface area contributed by atoms with Gasteiger partial charge in [0.05, 0.1) is 19.6 Å². The zero-order chi connectivity index (χ0) is 23.6. The van der Waals surface area contributed by atoms with Gasteiger partial charge in [0.1, 0.15) is 5.60 Å². The molecule has 0 radical (unpaired) electrons. The summed E-state index contributed by atoms with van der Waals surface area (Å²) in [5.41, 5.74) is 0.698. The van der Waals surface area contributed by atoms with E-state index in [2.05, 4.69) is 6.92 Å². The summed E-state index contributed by atoms with van der Waals surface area (Å²) in [6.07, 6.45) is 2.54. The van der Waals surface area contributed by atoms with Crippen molar-refractivity contribution in [3.63, 3.8) is 0 Å². The van der Waals surface area contributed by atoms with Crippen molar-refractivity contribution in [2.75, 3.05) is 40.0 Å². The van der Waals surface area contributed by atoms with Crippen molar-refractivity contribution in [2.24, 2.45) is 0 Å². The number of rotatable bonds is 13. The summed E-state index contributed by atoms with van der Waals surface area (Å²) in [7, 11) is 1.64. The summed E-state index contributed by atoms with van der Waals surface area (Å²) in [5, 5.41) is 0. The third-order valence-electron chi connectivity index (χ3n) is 4.75. The van der Waals surface area contributed by atoms with E-state index < -0.39 is 6.09 Å². The first kappa shape index (κ1) is 26.3. The van der Waals surface area contributed by atoms with E-state index in [1.807, 2.05) is 30.3 Å². The highest BCUT2D eigenvalue weighted by atomic mass is 32.2.